The van der Waals surface area contributed by atoms with Crippen molar-refractivity contribution in [1.29, 1.82) is 0 Å². The third-order valence-corrected chi connectivity index (χ3v) is 4.19. The van der Waals surface area contributed by atoms with E-state index >= 15 is 0 Å². The summed E-state index contributed by atoms with van der Waals surface area (Å²) in [5.41, 5.74) is 3.03. The molecule has 2 aromatic rings. The highest BCUT2D eigenvalue weighted by molar-refractivity contribution is 7.99. The van der Waals surface area contributed by atoms with Gasteiger partial charge in [0.25, 0.3) is 0 Å². The van der Waals surface area contributed by atoms with Crippen LogP contribution in [0, 0.1) is 19.7 Å². The lowest BCUT2D eigenvalue weighted by molar-refractivity contribution is 0.198. The Labute approximate surface area is 117 Å². The summed E-state index contributed by atoms with van der Waals surface area (Å²) < 4.78 is 13.9. The fourth-order valence-corrected chi connectivity index (χ4v) is 2.68. The minimum atomic E-state index is -0.643. The average molecular weight is 276 g/mol. The Bertz CT molecular complexity index is 593. The largest absolute Gasteiger partial charge is 0.389 e. The number of aryl methyl sites for hydroxylation is 2. The van der Waals surface area contributed by atoms with Crippen molar-refractivity contribution in [2.45, 2.75) is 36.7 Å². The van der Waals surface area contributed by atoms with Crippen molar-refractivity contribution in [2.24, 2.45) is 0 Å². The van der Waals surface area contributed by atoms with Gasteiger partial charge in [-0.1, -0.05) is 23.9 Å². The Balaban J connectivity index is 2.25. The first-order valence-electron chi connectivity index (χ1n) is 6.20. The van der Waals surface area contributed by atoms with Gasteiger partial charge >= 0.3 is 0 Å². The third-order valence-electron chi connectivity index (χ3n) is 3.14. The maximum Gasteiger partial charge on any atom is 0.137 e. The van der Waals surface area contributed by atoms with Crippen LogP contribution in [0.4, 0.5) is 4.39 Å². The van der Waals surface area contributed by atoms with Crippen LogP contribution in [-0.4, -0.2) is 5.11 Å². The molecular formula is C16H17FOS. The van der Waals surface area contributed by atoms with Crippen molar-refractivity contribution in [3.8, 4) is 0 Å². The lowest BCUT2D eigenvalue weighted by Crippen LogP contribution is -1.93. The summed E-state index contributed by atoms with van der Waals surface area (Å²) in [6.07, 6.45) is -0.643. The summed E-state index contributed by atoms with van der Waals surface area (Å²) >= 11 is 1.40. The Hall–Kier alpha value is -1.32. The van der Waals surface area contributed by atoms with Gasteiger partial charge in [-0.2, -0.15) is 0 Å². The molecule has 1 atom stereocenters. The molecule has 0 spiro atoms. The van der Waals surface area contributed by atoms with Gasteiger partial charge in [-0.3, -0.25) is 0 Å². The predicted octanol–water partition coefficient (Wildman–Crippen LogP) is 4.65. The lowest BCUT2D eigenvalue weighted by atomic mass is 10.1. The van der Waals surface area contributed by atoms with Gasteiger partial charge in [0.05, 0.1) is 6.10 Å². The van der Waals surface area contributed by atoms with E-state index in [-0.39, 0.29) is 5.82 Å². The van der Waals surface area contributed by atoms with Crippen molar-refractivity contribution < 1.29 is 9.50 Å². The van der Waals surface area contributed by atoms with Gasteiger partial charge in [-0.05, 0) is 61.7 Å². The maximum absolute atomic E-state index is 13.9. The van der Waals surface area contributed by atoms with E-state index in [0.717, 1.165) is 4.90 Å². The zero-order valence-electron chi connectivity index (χ0n) is 11.3. The molecule has 0 amide bonds. The number of benzene rings is 2. The van der Waals surface area contributed by atoms with Crippen LogP contribution < -0.4 is 0 Å². The van der Waals surface area contributed by atoms with Gasteiger partial charge in [0.2, 0.25) is 0 Å². The van der Waals surface area contributed by atoms with Crippen LogP contribution in [0.25, 0.3) is 0 Å². The zero-order valence-corrected chi connectivity index (χ0v) is 12.1. The maximum atomic E-state index is 13.9. The monoisotopic (exact) mass is 276 g/mol. The first-order valence-corrected chi connectivity index (χ1v) is 7.01. The Morgan fingerprint density at radius 2 is 1.79 bits per heavy atom. The number of halogens is 1. The van der Waals surface area contributed by atoms with Gasteiger partial charge in [-0.15, -0.1) is 0 Å². The van der Waals surface area contributed by atoms with Crippen molar-refractivity contribution in [3.05, 3.63) is 58.9 Å². The molecule has 2 aromatic carbocycles. The highest BCUT2D eigenvalue weighted by atomic mass is 32.2. The standard InChI is InChI=1S/C16H17FOS/c1-10-4-6-14(8-11(10)2)19-16-7-5-13(12(3)18)9-15(16)17/h4-9,12,18H,1-3H3/t12-/m1/s1. The number of rotatable bonds is 3. The number of hydrogen-bond donors (Lipinski definition) is 1. The highest BCUT2D eigenvalue weighted by Crippen LogP contribution is 2.32. The summed E-state index contributed by atoms with van der Waals surface area (Å²) in [4.78, 5) is 1.60. The van der Waals surface area contributed by atoms with E-state index in [1.165, 1.54) is 29.0 Å². The SMILES string of the molecule is Cc1ccc(Sc2ccc([C@@H](C)O)cc2F)cc1C. The van der Waals surface area contributed by atoms with Gasteiger partial charge in [-0.25, -0.2) is 4.39 Å². The van der Waals surface area contributed by atoms with E-state index in [0.29, 0.717) is 10.5 Å². The summed E-state index contributed by atoms with van der Waals surface area (Å²) in [6.45, 7) is 5.74. The minimum absolute atomic E-state index is 0.290. The van der Waals surface area contributed by atoms with Crippen LogP contribution in [0.2, 0.25) is 0 Å². The quantitative estimate of drug-likeness (QED) is 0.880. The smallest absolute Gasteiger partial charge is 0.137 e. The molecule has 0 aliphatic heterocycles. The van der Waals surface area contributed by atoms with E-state index < -0.39 is 6.10 Å². The molecule has 0 aliphatic rings. The molecule has 19 heavy (non-hydrogen) atoms. The second-order valence-electron chi connectivity index (χ2n) is 4.71. The van der Waals surface area contributed by atoms with Crippen molar-refractivity contribution >= 4 is 11.8 Å². The summed E-state index contributed by atoms with van der Waals surface area (Å²) in [7, 11) is 0. The van der Waals surface area contributed by atoms with E-state index in [9.17, 15) is 9.50 Å². The second-order valence-corrected chi connectivity index (χ2v) is 5.83. The van der Waals surface area contributed by atoms with Gasteiger partial charge in [0.1, 0.15) is 5.82 Å². The van der Waals surface area contributed by atoms with Crippen LogP contribution in [0.15, 0.2) is 46.2 Å². The molecule has 0 unspecified atom stereocenters. The minimum Gasteiger partial charge on any atom is -0.389 e. The summed E-state index contributed by atoms with van der Waals surface area (Å²) in [5.74, 6) is -0.290. The van der Waals surface area contributed by atoms with E-state index in [1.807, 2.05) is 19.1 Å². The first kappa shape index (κ1) is 14.1. The fourth-order valence-electron chi connectivity index (χ4n) is 1.76. The lowest BCUT2D eigenvalue weighted by Gasteiger charge is -2.09. The van der Waals surface area contributed by atoms with E-state index in [4.69, 9.17) is 0 Å². The number of aliphatic hydroxyl groups is 1. The Morgan fingerprint density at radius 1 is 1.05 bits per heavy atom. The van der Waals surface area contributed by atoms with Crippen molar-refractivity contribution in [1.82, 2.24) is 0 Å². The fraction of sp³-hybridized carbons (Fsp3) is 0.250. The first-order chi connectivity index (χ1) is 8.97. The molecule has 2 rings (SSSR count). The molecule has 1 N–H and O–H groups in total. The summed E-state index contributed by atoms with van der Waals surface area (Å²) in [5, 5.41) is 9.42. The molecule has 3 heteroatoms. The highest BCUT2D eigenvalue weighted by Gasteiger charge is 2.08. The number of aliphatic hydroxyl groups excluding tert-OH is 1. The number of hydrogen-bond acceptors (Lipinski definition) is 2. The predicted molar refractivity (Wildman–Crippen MR) is 77.1 cm³/mol. The molecule has 0 radical (unpaired) electrons. The Kier molecular flexibility index (Phi) is 4.27. The Morgan fingerprint density at radius 3 is 2.37 bits per heavy atom. The van der Waals surface area contributed by atoms with Gasteiger partial charge < -0.3 is 5.11 Å². The topological polar surface area (TPSA) is 20.2 Å². The van der Waals surface area contributed by atoms with Crippen LogP contribution in [0.5, 0.6) is 0 Å². The molecule has 0 saturated carbocycles. The molecule has 0 aliphatic carbocycles. The molecule has 0 heterocycles. The van der Waals surface area contributed by atoms with Gasteiger partial charge in [0.15, 0.2) is 0 Å². The normalized spacial score (nSPS) is 12.5. The molecular weight excluding hydrogens is 259 g/mol. The third kappa shape index (κ3) is 3.37. The second kappa shape index (κ2) is 5.76. The molecule has 100 valence electrons. The molecule has 1 nitrogen and oxygen atoms in total. The average Bonchev–Trinajstić information content (AvgIpc) is 2.36. The van der Waals surface area contributed by atoms with Crippen LogP contribution in [0.3, 0.4) is 0 Å². The van der Waals surface area contributed by atoms with Gasteiger partial charge in [0, 0.05) is 9.79 Å². The molecule has 0 aromatic heterocycles. The van der Waals surface area contributed by atoms with Crippen molar-refractivity contribution in [3.63, 3.8) is 0 Å². The van der Waals surface area contributed by atoms with Crippen LogP contribution in [-0.2, 0) is 0 Å². The van der Waals surface area contributed by atoms with Crippen molar-refractivity contribution in [2.75, 3.05) is 0 Å². The molecule has 0 fully saturated rings. The van der Waals surface area contributed by atoms with Crippen LogP contribution >= 0.6 is 11.8 Å². The summed E-state index contributed by atoms with van der Waals surface area (Å²) in [6, 6.07) is 11.0. The van der Waals surface area contributed by atoms with E-state index in [1.54, 1.807) is 19.1 Å². The zero-order chi connectivity index (χ0) is 14.0. The van der Waals surface area contributed by atoms with E-state index in [2.05, 4.69) is 13.0 Å². The van der Waals surface area contributed by atoms with Crippen LogP contribution in [0.1, 0.15) is 29.7 Å². The molecule has 0 saturated heterocycles. The molecule has 0 bridgehead atoms.